The summed E-state index contributed by atoms with van der Waals surface area (Å²) in [7, 11) is 4.16. The van der Waals surface area contributed by atoms with E-state index in [0.717, 1.165) is 18.4 Å². The van der Waals surface area contributed by atoms with E-state index in [4.69, 9.17) is 0 Å². The molecule has 1 heterocycles. The van der Waals surface area contributed by atoms with Crippen molar-refractivity contribution in [2.45, 2.75) is 38.1 Å². The molecule has 1 aliphatic rings. The Morgan fingerprint density at radius 3 is 3.07 bits per heavy atom. The van der Waals surface area contributed by atoms with Crippen LogP contribution >= 0.6 is 0 Å². The van der Waals surface area contributed by atoms with Gasteiger partial charge in [0.15, 0.2) is 0 Å². The molecule has 1 fully saturated rings. The van der Waals surface area contributed by atoms with E-state index < -0.39 is 0 Å². The summed E-state index contributed by atoms with van der Waals surface area (Å²) in [4.78, 5) is 4.40. The molecule has 1 aliphatic carbocycles. The minimum atomic E-state index is 0.726. The molecule has 0 spiro atoms. The number of nitrogens with zero attached hydrogens (tertiary/aromatic N) is 2. The van der Waals surface area contributed by atoms with Crippen LogP contribution in [0.2, 0.25) is 0 Å². The second kappa shape index (κ2) is 4.79. The third kappa shape index (κ3) is 2.59. The number of nitrogens with one attached hydrogen (secondary N) is 1. The fraction of sp³-hybridized carbons (Fsp3) is 0.750. The van der Waals surface area contributed by atoms with Crippen molar-refractivity contribution in [3.05, 3.63) is 18.2 Å². The SMILES string of the molecule is CNC1CCCC(Cc2nccn2C)C1. The van der Waals surface area contributed by atoms with Gasteiger partial charge in [-0.25, -0.2) is 4.98 Å². The van der Waals surface area contributed by atoms with Crippen molar-refractivity contribution in [1.29, 1.82) is 0 Å². The molecule has 3 heteroatoms. The molecular weight excluding hydrogens is 186 g/mol. The smallest absolute Gasteiger partial charge is 0.108 e. The van der Waals surface area contributed by atoms with E-state index in [9.17, 15) is 0 Å². The summed E-state index contributed by atoms with van der Waals surface area (Å²) < 4.78 is 2.14. The Hall–Kier alpha value is -0.830. The number of aromatic nitrogens is 2. The quantitative estimate of drug-likeness (QED) is 0.818. The highest BCUT2D eigenvalue weighted by molar-refractivity contribution is 4.94. The van der Waals surface area contributed by atoms with Crippen LogP contribution in [0, 0.1) is 5.92 Å². The summed E-state index contributed by atoms with van der Waals surface area (Å²) in [5.74, 6) is 2.05. The van der Waals surface area contributed by atoms with Crippen molar-refractivity contribution in [2.75, 3.05) is 7.05 Å². The van der Waals surface area contributed by atoms with Gasteiger partial charge in [-0.1, -0.05) is 6.42 Å². The van der Waals surface area contributed by atoms with Crippen molar-refractivity contribution in [3.8, 4) is 0 Å². The zero-order valence-electron chi connectivity index (χ0n) is 9.74. The standard InChI is InChI=1S/C12H21N3/c1-13-11-5-3-4-10(8-11)9-12-14-6-7-15(12)2/h6-7,10-11,13H,3-5,8-9H2,1-2H3. The zero-order chi connectivity index (χ0) is 10.7. The molecular formula is C12H21N3. The van der Waals surface area contributed by atoms with Crippen molar-refractivity contribution < 1.29 is 0 Å². The second-order valence-corrected chi connectivity index (χ2v) is 4.68. The number of aryl methyl sites for hydroxylation is 1. The lowest BCUT2D eigenvalue weighted by Gasteiger charge is -2.28. The normalized spacial score (nSPS) is 26.8. The van der Waals surface area contributed by atoms with Gasteiger partial charge in [-0.05, 0) is 32.2 Å². The van der Waals surface area contributed by atoms with Gasteiger partial charge in [0.1, 0.15) is 5.82 Å². The molecule has 1 aromatic rings. The van der Waals surface area contributed by atoms with Gasteiger partial charge in [0, 0.05) is 31.9 Å². The molecule has 2 rings (SSSR count). The first kappa shape index (κ1) is 10.7. The van der Waals surface area contributed by atoms with Gasteiger partial charge in [0.25, 0.3) is 0 Å². The predicted molar refractivity (Wildman–Crippen MR) is 61.7 cm³/mol. The van der Waals surface area contributed by atoms with Gasteiger partial charge in [0.2, 0.25) is 0 Å². The van der Waals surface area contributed by atoms with Crippen LogP contribution in [0.4, 0.5) is 0 Å². The summed E-state index contributed by atoms with van der Waals surface area (Å²) in [6.45, 7) is 0. The van der Waals surface area contributed by atoms with Crippen LogP contribution in [0.3, 0.4) is 0 Å². The van der Waals surface area contributed by atoms with Crippen LogP contribution in [0.5, 0.6) is 0 Å². The average Bonchev–Trinajstić information content (AvgIpc) is 2.65. The lowest BCUT2D eigenvalue weighted by molar-refractivity contribution is 0.290. The van der Waals surface area contributed by atoms with Gasteiger partial charge in [0.05, 0.1) is 0 Å². The largest absolute Gasteiger partial charge is 0.338 e. The van der Waals surface area contributed by atoms with E-state index in [-0.39, 0.29) is 0 Å². The molecule has 2 atom stereocenters. The molecule has 0 bridgehead atoms. The highest BCUT2D eigenvalue weighted by atomic mass is 15.0. The van der Waals surface area contributed by atoms with E-state index >= 15 is 0 Å². The van der Waals surface area contributed by atoms with E-state index in [1.165, 1.54) is 31.5 Å². The number of hydrogen-bond acceptors (Lipinski definition) is 2. The number of hydrogen-bond donors (Lipinski definition) is 1. The Morgan fingerprint density at radius 2 is 2.40 bits per heavy atom. The lowest BCUT2D eigenvalue weighted by Crippen LogP contribution is -2.32. The maximum Gasteiger partial charge on any atom is 0.108 e. The highest BCUT2D eigenvalue weighted by Gasteiger charge is 2.21. The third-order valence-electron chi connectivity index (χ3n) is 3.58. The Labute approximate surface area is 91.9 Å². The first-order valence-corrected chi connectivity index (χ1v) is 5.93. The molecule has 1 N–H and O–H groups in total. The molecule has 0 saturated heterocycles. The van der Waals surface area contributed by atoms with Crippen LogP contribution < -0.4 is 5.32 Å². The Morgan fingerprint density at radius 1 is 1.53 bits per heavy atom. The predicted octanol–water partition coefficient (Wildman–Crippen LogP) is 1.74. The molecule has 1 saturated carbocycles. The molecule has 0 radical (unpaired) electrons. The van der Waals surface area contributed by atoms with Crippen molar-refractivity contribution in [3.63, 3.8) is 0 Å². The third-order valence-corrected chi connectivity index (χ3v) is 3.58. The summed E-state index contributed by atoms with van der Waals surface area (Å²) in [5, 5.41) is 3.40. The lowest BCUT2D eigenvalue weighted by atomic mass is 9.83. The molecule has 1 aromatic heterocycles. The maximum atomic E-state index is 4.40. The maximum absolute atomic E-state index is 4.40. The second-order valence-electron chi connectivity index (χ2n) is 4.68. The fourth-order valence-electron chi connectivity index (χ4n) is 2.59. The van der Waals surface area contributed by atoms with Gasteiger partial charge >= 0.3 is 0 Å². The summed E-state index contributed by atoms with van der Waals surface area (Å²) in [6, 6.07) is 0.726. The minimum Gasteiger partial charge on any atom is -0.338 e. The van der Waals surface area contributed by atoms with Crippen LogP contribution in [0.25, 0.3) is 0 Å². The molecule has 84 valence electrons. The average molecular weight is 207 g/mol. The van der Waals surface area contributed by atoms with Gasteiger partial charge in [-0.3, -0.25) is 0 Å². The summed E-state index contributed by atoms with van der Waals surface area (Å²) >= 11 is 0. The first-order valence-electron chi connectivity index (χ1n) is 5.93. The highest BCUT2D eigenvalue weighted by Crippen LogP contribution is 2.26. The van der Waals surface area contributed by atoms with Crippen molar-refractivity contribution in [2.24, 2.45) is 13.0 Å². The first-order chi connectivity index (χ1) is 7.29. The van der Waals surface area contributed by atoms with Crippen LogP contribution in [-0.4, -0.2) is 22.6 Å². The number of rotatable bonds is 3. The van der Waals surface area contributed by atoms with Crippen molar-refractivity contribution in [1.82, 2.24) is 14.9 Å². The zero-order valence-corrected chi connectivity index (χ0v) is 9.74. The minimum absolute atomic E-state index is 0.726. The topological polar surface area (TPSA) is 29.9 Å². The van der Waals surface area contributed by atoms with E-state index in [0.29, 0.717) is 0 Å². The van der Waals surface area contributed by atoms with Gasteiger partial charge < -0.3 is 9.88 Å². The summed E-state index contributed by atoms with van der Waals surface area (Å²) in [5.41, 5.74) is 0. The number of imidazole rings is 1. The van der Waals surface area contributed by atoms with E-state index in [1.54, 1.807) is 0 Å². The molecule has 0 aromatic carbocycles. The fourth-order valence-corrected chi connectivity index (χ4v) is 2.59. The molecule has 2 unspecified atom stereocenters. The monoisotopic (exact) mass is 207 g/mol. The van der Waals surface area contributed by atoms with Crippen LogP contribution in [-0.2, 0) is 13.5 Å². The molecule has 0 aliphatic heterocycles. The Balaban J connectivity index is 1.92. The van der Waals surface area contributed by atoms with E-state index in [1.807, 2.05) is 12.4 Å². The molecule has 15 heavy (non-hydrogen) atoms. The van der Waals surface area contributed by atoms with Crippen molar-refractivity contribution >= 4 is 0 Å². The van der Waals surface area contributed by atoms with Gasteiger partial charge in [-0.15, -0.1) is 0 Å². The van der Waals surface area contributed by atoms with Crippen LogP contribution in [0.1, 0.15) is 31.5 Å². The Kier molecular flexibility index (Phi) is 3.41. The van der Waals surface area contributed by atoms with E-state index in [2.05, 4.69) is 29.0 Å². The summed E-state index contributed by atoms with van der Waals surface area (Å²) in [6.07, 6.45) is 10.5. The van der Waals surface area contributed by atoms with Crippen LogP contribution in [0.15, 0.2) is 12.4 Å². The molecule has 0 amide bonds. The Bertz CT molecular complexity index is 306. The van der Waals surface area contributed by atoms with Gasteiger partial charge in [-0.2, -0.15) is 0 Å². The molecule has 3 nitrogen and oxygen atoms in total.